The summed E-state index contributed by atoms with van der Waals surface area (Å²) in [5.41, 5.74) is 1.18. The molecule has 1 aromatic carbocycles. The summed E-state index contributed by atoms with van der Waals surface area (Å²) in [5.74, 6) is 0.168. The predicted molar refractivity (Wildman–Crippen MR) is 74.7 cm³/mol. The van der Waals surface area contributed by atoms with Crippen LogP contribution < -0.4 is 5.32 Å². The number of hydrogen-bond acceptors (Lipinski definition) is 3. The number of hydrogen-bond donors (Lipinski definition) is 1. The number of nitrogens with zero attached hydrogens (tertiary/aromatic N) is 1. The molecule has 1 N–H and O–H groups in total. The summed E-state index contributed by atoms with van der Waals surface area (Å²) < 4.78 is 5.14. The molecule has 0 aromatic heterocycles. The van der Waals surface area contributed by atoms with Gasteiger partial charge in [0.2, 0.25) is 5.91 Å². The number of ether oxygens (including phenoxy) is 1. The molecule has 0 bridgehead atoms. The summed E-state index contributed by atoms with van der Waals surface area (Å²) in [6.07, 6.45) is 0.798. The average molecular weight is 262 g/mol. The maximum absolute atomic E-state index is 12.4. The average Bonchev–Trinajstić information content (AvgIpc) is 2.66. The highest BCUT2D eigenvalue weighted by atomic mass is 16.5. The number of carbonyl (C=O) groups is 1. The fourth-order valence-electron chi connectivity index (χ4n) is 2.73. The Morgan fingerprint density at radius 1 is 1.37 bits per heavy atom. The van der Waals surface area contributed by atoms with Gasteiger partial charge in [-0.1, -0.05) is 30.3 Å². The van der Waals surface area contributed by atoms with Crippen LogP contribution in [-0.2, 0) is 16.0 Å². The highest BCUT2D eigenvalue weighted by molar-refractivity contribution is 5.84. The van der Waals surface area contributed by atoms with Crippen molar-refractivity contribution in [1.29, 1.82) is 0 Å². The molecule has 1 saturated heterocycles. The van der Waals surface area contributed by atoms with Crippen LogP contribution in [0, 0.1) is 0 Å². The van der Waals surface area contributed by atoms with Crippen molar-refractivity contribution < 1.29 is 9.53 Å². The van der Waals surface area contributed by atoms with E-state index in [1.165, 1.54) is 5.56 Å². The zero-order valence-electron chi connectivity index (χ0n) is 11.8. The van der Waals surface area contributed by atoms with Gasteiger partial charge in [-0.2, -0.15) is 0 Å². The topological polar surface area (TPSA) is 41.6 Å². The van der Waals surface area contributed by atoms with Crippen LogP contribution in [0.1, 0.15) is 19.4 Å². The van der Waals surface area contributed by atoms with Crippen LogP contribution in [0.25, 0.3) is 0 Å². The molecular formula is C15H22N2O2. The van der Waals surface area contributed by atoms with Crippen molar-refractivity contribution in [2.24, 2.45) is 0 Å². The lowest BCUT2D eigenvalue weighted by atomic mass is 10.1. The molecule has 0 saturated carbocycles. The van der Waals surface area contributed by atoms with Crippen LogP contribution in [0.15, 0.2) is 30.3 Å². The molecule has 0 aliphatic carbocycles. The normalized spacial score (nSPS) is 24.8. The van der Waals surface area contributed by atoms with Crippen molar-refractivity contribution in [2.45, 2.75) is 38.5 Å². The molecule has 1 aliphatic rings. The standard InChI is InChI=1S/C15H22N2O2/c1-11(10-19-3)17-12(2)16-14(15(17)18)9-13-7-5-4-6-8-13/h4-8,11-12,14,16H,9-10H2,1-3H3. The second kappa shape index (κ2) is 6.17. The van der Waals surface area contributed by atoms with Crippen LogP contribution in [0.5, 0.6) is 0 Å². The monoisotopic (exact) mass is 262 g/mol. The Morgan fingerprint density at radius 3 is 2.68 bits per heavy atom. The largest absolute Gasteiger partial charge is 0.383 e. The summed E-state index contributed by atoms with van der Waals surface area (Å²) in [7, 11) is 1.66. The first-order chi connectivity index (χ1) is 9.13. The lowest BCUT2D eigenvalue weighted by molar-refractivity contribution is -0.132. The third-order valence-corrected chi connectivity index (χ3v) is 3.58. The van der Waals surface area contributed by atoms with E-state index in [4.69, 9.17) is 4.74 Å². The fourth-order valence-corrected chi connectivity index (χ4v) is 2.73. The molecule has 0 spiro atoms. The van der Waals surface area contributed by atoms with E-state index in [-0.39, 0.29) is 24.2 Å². The molecule has 3 atom stereocenters. The van der Waals surface area contributed by atoms with E-state index in [0.717, 1.165) is 6.42 Å². The molecule has 1 amide bonds. The van der Waals surface area contributed by atoms with Gasteiger partial charge in [-0.3, -0.25) is 10.1 Å². The Hall–Kier alpha value is -1.39. The number of amides is 1. The minimum atomic E-state index is -0.128. The van der Waals surface area contributed by atoms with Gasteiger partial charge in [0, 0.05) is 7.11 Å². The van der Waals surface area contributed by atoms with Gasteiger partial charge in [0.05, 0.1) is 24.9 Å². The molecule has 104 valence electrons. The minimum Gasteiger partial charge on any atom is -0.383 e. The molecule has 0 radical (unpaired) electrons. The highest BCUT2D eigenvalue weighted by Crippen LogP contribution is 2.17. The molecule has 1 aliphatic heterocycles. The van der Waals surface area contributed by atoms with Gasteiger partial charge in [0.25, 0.3) is 0 Å². The maximum Gasteiger partial charge on any atom is 0.241 e. The van der Waals surface area contributed by atoms with Crippen molar-refractivity contribution >= 4 is 5.91 Å². The van der Waals surface area contributed by atoms with Crippen molar-refractivity contribution in [1.82, 2.24) is 10.2 Å². The van der Waals surface area contributed by atoms with E-state index in [2.05, 4.69) is 17.4 Å². The Morgan fingerprint density at radius 2 is 2.05 bits per heavy atom. The zero-order valence-corrected chi connectivity index (χ0v) is 11.8. The van der Waals surface area contributed by atoms with Crippen molar-refractivity contribution in [3.63, 3.8) is 0 Å². The number of nitrogens with one attached hydrogen (secondary N) is 1. The van der Waals surface area contributed by atoms with Crippen molar-refractivity contribution in [3.05, 3.63) is 35.9 Å². The van der Waals surface area contributed by atoms with E-state index in [1.54, 1.807) is 7.11 Å². The van der Waals surface area contributed by atoms with Gasteiger partial charge >= 0.3 is 0 Å². The first-order valence-corrected chi connectivity index (χ1v) is 6.74. The lowest BCUT2D eigenvalue weighted by Crippen LogP contribution is -2.43. The molecule has 1 fully saturated rings. The van der Waals surface area contributed by atoms with Crippen LogP contribution in [0.4, 0.5) is 0 Å². The van der Waals surface area contributed by atoms with Gasteiger partial charge in [-0.25, -0.2) is 0 Å². The summed E-state index contributed by atoms with van der Waals surface area (Å²) in [4.78, 5) is 14.3. The third-order valence-electron chi connectivity index (χ3n) is 3.58. The number of carbonyl (C=O) groups excluding carboxylic acids is 1. The predicted octanol–water partition coefficient (Wildman–Crippen LogP) is 1.41. The second-order valence-electron chi connectivity index (χ2n) is 5.13. The molecule has 19 heavy (non-hydrogen) atoms. The summed E-state index contributed by atoms with van der Waals surface area (Å²) in [6.45, 7) is 4.61. The number of methoxy groups -OCH3 is 1. The van der Waals surface area contributed by atoms with Gasteiger partial charge in [0.15, 0.2) is 0 Å². The van der Waals surface area contributed by atoms with Gasteiger partial charge in [0.1, 0.15) is 0 Å². The zero-order chi connectivity index (χ0) is 13.8. The quantitative estimate of drug-likeness (QED) is 0.872. The van der Waals surface area contributed by atoms with Gasteiger partial charge < -0.3 is 9.64 Å². The molecule has 4 heteroatoms. The molecule has 1 aromatic rings. The Labute approximate surface area is 114 Å². The molecule has 1 heterocycles. The van der Waals surface area contributed by atoms with Gasteiger partial charge in [-0.15, -0.1) is 0 Å². The third kappa shape index (κ3) is 3.14. The lowest BCUT2D eigenvalue weighted by Gasteiger charge is -2.27. The molecular weight excluding hydrogens is 240 g/mol. The maximum atomic E-state index is 12.4. The second-order valence-corrected chi connectivity index (χ2v) is 5.13. The molecule has 3 unspecified atom stereocenters. The van der Waals surface area contributed by atoms with Gasteiger partial charge in [-0.05, 0) is 25.8 Å². The van der Waals surface area contributed by atoms with Crippen molar-refractivity contribution in [2.75, 3.05) is 13.7 Å². The Bertz CT molecular complexity index is 421. The number of benzene rings is 1. The van der Waals surface area contributed by atoms with Crippen LogP contribution >= 0.6 is 0 Å². The first-order valence-electron chi connectivity index (χ1n) is 6.74. The number of rotatable bonds is 5. The Kier molecular flexibility index (Phi) is 4.56. The summed E-state index contributed by atoms with van der Waals surface area (Å²) >= 11 is 0. The molecule has 2 rings (SSSR count). The fraction of sp³-hybridized carbons (Fsp3) is 0.533. The van der Waals surface area contributed by atoms with E-state index < -0.39 is 0 Å². The van der Waals surface area contributed by atoms with E-state index in [9.17, 15) is 4.79 Å². The smallest absolute Gasteiger partial charge is 0.241 e. The molecule has 4 nitrogen and oxygen atoms in total. The van der Waals surface area contributed by atoms with Crippen molar-refractivity contribution in [3.8, 4) is 0 Å². The summed E-state index contributed by atoms with van der Waals surface area (Å²) in [5, 5.41) is 3.36. The SMILES string of the molecule is COCC(C)N1C(=O)C(Cc2ccccc2)NC1C. The van der Waals surface area contributed by atoms with Crippen LogP contribution in [0.2, 0.25) is 0 Å². The van der Waals surface area contributed by atoms with E-state index in [0.29, 0.717) is 6.61 Å². The van der Waals surface area contributed by atoms with Crippen LogP contribution in [-0.4, -0.2) is 42.8 Å². The van der Waals surface area contributed by atoms with E-state index >= 15 is 0 Å². The highest BCUT2D eigenvalue weighted by Gasteiger charge is 2.38. The summed E-state index contributed by atoms with van der Waals surface area (Å²) in [6, 6.07) is 10.1. The Balaban J connectivity index is 2.03. The minimum absolute atomic E-state index is 0.0614. The first kappa shape index (κ1) is 14.0. The van der Waals surface area contributed by atoms with E-state index in [1.807, 2.05) is 36.9 Å². The van der Waals surface area contributed by atoms with Crippen LogP contribution in [0.3, 0.4) is 0 Å².